The molecule has 3 aromatic rings. The highest BCUT2D eigenvalue weighted by molar-refractivity contribution is 7.18. The summed E-state index contributed by atoms with van der Waals surface area (Å²) in [5.41, 5.74) is 0.939. The van der Waals surface area contributed by atoms with Crippen LogP contribution in [-0.2, 0) is 4.79 Å². The Morgan fingerprint density at radius 1 is 1.00 bits per heavy atom. The van der Waals surface area contributed by atoms with Crippen molar-refractivity contribution in [3.8, 4) is 5.75 Å². The third-order valence-electron chi connectivity index (χ3n) is 3.58. The molecule has 0 radical (unpaired) electrons. The van der Waals surface area contributed by atoms with Crippen molar-refractivity contribution in [1.82, 2.24) is 0 Å². The van der Waals surface area contributed by atoms with Crippen LogP contribution in [0.25, 0.3) is 0 Å². The van der Waals surface area contributed by atoms with E-state index >= 15 is 0 Å². The minimum Gasteiger partial charge on any atom is -0.495 e. The zero-order chi connectivity index (χ0) is 20.1. The zero-order valence-electron chi connectivity index (χ0n) is 15.1. The second kappa shape index (κ2) is 8.40. The lowest BCUT2D eigenvalue weighted by Crippen LogP contribution is -2.12. The topological polar surface area (TPSA) is 110 Å². The fourth-order valence-electron chi connectivity index (χ4n) is 2.38. The van der Waals surface area contributed by atoms with Gasteiger partial charge in [0.1, 0.15) is 5.75 Å². The van der Waals surface area contributed by atoms with Gasteiger partial charge in [0.25, 0.3) is 11.8 Å². The summed E-state index contributed by atoms with van der Waals surface area (Å²) in [4.78, 5) is 36.2. The van der Waals surface area contributed by atoms with E-state index in [0.29, 0.717) is 27.0 Å². The maximum Gasteiger partial charge on any atom is 0.291 e. The Kier molecular flexibility index (Phi) is 5.75. The van der Waals surface area contributed by atoms with Crippen LogP contribution in [0.2, 0.25) is 0 Å². The number of carbonyl (C=O) groups is 3. The van der Waals surface area contributed by atoms with E-state index in [2.05, 4.69) is 16.0 Å². The number of amides is 3. The number of hydrogen-bond acceptors (Lipinski definition) is 6. The smallest absolute Gasteiger partial charge is 0.291 e. The number of methoxy groups -OCH3 is 1. The van der Waals surface area contributed by atoms with Gasteiger partial charge in [-0.15, -0.1) is 11.3 Å². The predicted octanol–water partition coefficient (Wildman–Crippen LogP) is 3.81. The molecule has 2 heterocycles. The Hall–Kier alpha value is -3.59. The average Bonchev–Trinajstić information content (AvgIpc) is 3.33. The molecule has 0 aliphatic heterocycles. The Morgan fingerprint density at radius 3 is 2.50 bits per heavy atom. The molecular weight excluding hydrogens is 382 g/mol. The maximum absolute atomic E-state index is 12.6. The van der Waals surface area contributed by atoms with E-state index in [4.69, 9.17) is 9.15 Å². The van der Waals surface area contributed by atoms with Crippen molar-refractivity contribution in [2.75, 3.05) is 23.1 Å². The third-order valence-corrected chi connectivity index (χ3v) is 4.58. The normalized spacial score (nSPS) is 10.2. The summed E-state index contributed by atoms with van der Waals surface area (Å²) >= 11 is 1.12. The van der Waals surface area contributed by atoms with Crippen LogP contribution in [0.15, 0.2) is 53.1 Å². The van der Waals surface area contributed by atoms with Crippen molar-refractivity contribution in [2.45, 2.75) is 6.92 Å². The van der Waals surface area contributed by atoms with Crippen LogP contribution in [0.5, 0.6) is 5.75 Å². The second-order valence-corrected chi connectivity index (χ2v) is 6.73. The molecule has 0 bridgehead atoms. The van der Waals surface area contributed by atoms with Crippen LogP contribution in [0.3, 0.4) is 0 Å². The molecule has 0 saturated carbocycles. The van der Waals surface area contributed by atoms with Gasteiger partial charge in [-0.25, -0.2) is 0 Å². The monoisotopic (exact) mass is 399 g/mol. The summed E-state index contributed by atoms with van der Waals surface area (Å²) in [6.45, 7) is 1.40. The zero-order valence-corrected chi connectivity index (χ0v) is 15.9. The predicted molar refractivity (Wildman–Crippen MR) is 106 cm³/mol. The summed E-state index contributed by atoms with van der Waals surface area (Å²) < 4.78 is 10.3. The van der Waals surface area contributed by atoms with Gasteiger partial charge in [-0.05, 0) is 42.5 Å². The largest absolute Gasteiger partial charge is 0.495 e. The van der Waals surface area contributed by atoms with E-state index < -0.39 is 5.91 Å². The quantitative estimate of drug-likeness (QED) is 0.584. The molecule has 0 saturated heterocycles. The lowest BCUT2D eigenvalue weighted by atomic mass is 10.2. The molecule has 3 amide bonds. The minimum atomic E-state index is -0.400. The van der Waals surface area contributed by atoms with Crippen molar-refractivity contribution in [3.05, 3.63) is 59.4 Å². The number of thiophene rings is 1. The number of carbonyl (C=O) groups excluding carboxylic acids is 3. The lowest BCUT2D eigenvalue weighted by Gasteiger charge is -2.12. The average molecular weight is 399 g/mol. The molecule has 0 atom stereocenters. The Bertz CT molecular complexity index is 1010. The van der Waals surface area contributed by atoms with Gasteiger partial charge in [0.2, 0.25) is 5.91 Å². The minimum absolute atomic E-state index is 0.180. The van der Waals surface area contributed by atoms with Crippen molar-refractivity contribution in [1.29, 1.82) is 0 Å². The molecule has 0 aliphatic carbocycles. The van der Waals surface area contributed by atoms with E-state index in [1.807, 2.05) is 0 Å². The van der Waals surface area contributed by atoms with Crippen LogP contribution < -0.4 is 20.7 Å². The first-order valence-corrected chi connectivity index (χ1v) is 8.99. The lowest BCUT2D eigenvalue weighted by molar-refractivity contribution is -0.114. The molecule has 0 aliphatic rings. The van der Waals surface area contributed by atoms with E-state index in [1.54, 1.807) is 42.5 Å². The number of benzene rings is 1. The number of furan rings is 1. The Balaban J connectivity index is 1.72. The number of nitrogens with one attached hydrogen (secondary N) is 3. The number of hydrogen-bond donors (Lipinski definition) is 3. The molecule has 3 rings (SSSR count). The standard InChI is InChI=1S/C19H17N3O5S/c1-11(23)20-12-5-6-14(26-2)13(10-12)21-19(25)16-7-8-17(28-16)22-18(24)15-4-3-9-27-15/h3-10H,1-2H3,(H,20,23)(H,21,25)(H,22,24). The molecule has 8 nitrogen and oxygen atoms in total. The SMILES string of the molecule is COc1ccc(NC(C)=O)cc1NC(=O)c1ccc(NC(=O)c2ccco2)s1. The highest BCUT2D eigenvalue weighted by atomic mass is 32.1. The highest BCUT2D eigenvalue weighted by Crippen LogP contribution is 2.30. The molecule has 144 valence electrons. The van der Waals surface area contributed by atoms with Gasteiger partial charge in [-0.1, -0.05) is 0 Å². The molecule has 9 heteroatoms. The fraction of sp³-hybridized carbons (Fsp3) is 0.105. The van der Waals surface area contributed by atoms with Crippen LogP contribution in [0, 0.1) is 0 Å². The van der Waals surface area contributed by atoms with E-state index in [-0.39, 0.29) is 17.6 Å². The van der Waals surface area contributed by atoms with Gasteiger partial charge in [-0.3, -0.25) is 14.4 Å². The van der Waals surface area contributed by atoms with Crippen LogP contribution >= 0.6 is 11.3 Å². The summed E-state index contributed by atoms with van der Waals surface area (Å²) in [7, 11) is 1.48. The molecule has 0 spiro atoms. The molecule has 0 unspecified atom stereocenters. The van der Waals surface area contributed by atoms with Gasteiger partial charge in [0, 0.05) is 12.6 Å². The van der Waals surface area contributed by atoms with E-state index in [1.165, 1.54) is 20.3 Å². The number of anilines is 3. The van der Waals surface area contributed by atoms with Gasteiger partial charge in [0.05, 0.1) is 28.9 Å². The maximum atomic E-state index is 12.6. The van der Waals surface area contributed by atoms with Gasteiger partial charge in [0.15, 0.2) is 5.76 Å². The second-order valence-electron chi connectivity index (χ2n) is 5.65. The van der Waals surface area contributed by atoms with Crippen LogP contribution in [-0.4, -0.2) is 24.8 Å². The Labute approximate surface area is 164 Å². The van der Waals surface area contributed by atoms with Crippen molar-refractivity contribution < 1.29 is 23.5 Å². The van der Waals surface area contributed by atoms with Crippen LogP contribution in [0.1, 0.15) is 27.2 Å². The van der Waals surface area contributed by atoms with Crippen molar-refractivity contribution in [2.24, 2.45) is 0 Å². The fourth-order valence-corrected chi connectivity index (χ4v) is 3.18. The van der Waals surface area contributed by atoms with Crippen molar-refractivity contribution in [3.63, 3.8) is 0 Å². The highest BCUT2D eigenvalue weighted by Gasteiger charge is 2.15. The molecule has 3 N–H and O–H groups in total. The molecule has 0 fully saturated rings. The molecule has 1 aromatic carbocycles. The molecular formula is C19H17N3O5S. The van der Waals surface area contributed by atoms with Crippen LogP contribution in [0.4, 0.5) is 16.4 Å². The molecule has 2 aromatic heterocycles. The molecule has 28 heavy (non-hydrogen) atoms. The summed E-state index contributed by atoms with van der Waals surface area (Å²) in [5.74, 6) is -0.368. The first kappa shape index (κ1) is 19.2. The first-order chi connectivity index (χ1) is 13.5. The van der Waals surface area contributed by atoms with Gasteiger partial charge >= 0.3 is 0 Å². The summed E-state index contributed by atoms with van der Waals surface area (Å²) in [5, 5.41) is 8.57. The summed E-state index contributed by atoms with van der Waals surface area (Å²) in [6.07, 6.45) is 1.41. The summed E-state index contributed by atoms with van der Waals surface area (Å²) in [6, 6.07) is 11.3. The number of ether oxygens (including phenoxy) is 1. The van der Waals surface area contributed by atoms with E-state index in [0.717, 1.165) is 11.3 Å². The van der Waals surface area contributed by atoms with Gasteiger partial charge in [-0.2, -0.15) is 0 Å². The van der Waals surface area contributed by atoms with E-state index in [9.17, 15) is 14.4 Å². The number of rotatable bonds is 6. The first-order valence-electron chi connectivity index (χ1n) is 8.18. The Morgan fingerprint density at radius 2 is 1.82 bits per heavy atom. The third kappa shape index (κ3) is 4.57. The van der Waals surface area contributed by atoms with Crippen molar-refractivity contribution >= 4 is 45.4 Å². The van der Waals surface area contributed by atoms with Gasteiger partial charge < -0.3 is 25.1 Å².